The average Bonchev–Trinajstić information content (AvgIpc) is 2.72. The molecule has 1 atom stereocenters. The fraction of sp³-hybridized carbons (Fsp3) is 0.167. The van der Waals surface area contributed by atoms with Gasteiger partial charge in [-0.25, -0.2) is 0 Å². The molecule has 0 aromatic heterocycles. The van der Waals surface area contributed by atoms with Crippen LogP contribution in [0.5, 0.6) is 0 Å². The third-order valence-corrected chi connectivity index (χ3v) is 5.54. The van der Waals surface area contributed by atoms with Crippen LogP contribution in [0.3, 0.4) is 0 Å². The minimum atomic E-state index is -0.322. The summed E-state index contributed by atoms with van der Waals surface area (Å²) in [4.78, 5) is 27.4. The molecule has 3 aromatic rings. The van der Waals surface area contributed by atoms with Crippen LogP contribution in [0.2, 0.25) is 10.0 Å². The Balaban J connectivity index is 1.51. The predicted octanol–water partition coefficient (Wildman–Crippen LogP) is 6.08. The number of anilines is 2. The van der Waals surface area contributed by atoms with Gasteiger partial charge in [0.2, 0.25) is 0 Å². The van der Waals surface area contributed by atoms with Gasteiger partial charge in [0.25, 0.3) is 11.8 Å². The van der Waals surface area contributed by atoms with Gasteiger partial charge in [-0.1, -0.05) is 48.3 Å². The highest BCUT2D eigenvalue weighted by molar-refractivity contribution is 6.35. The Hall–Kier alpha value is -2.82. The van der Waals surface area contributed by atoms with E-state index >= 15 is 0 Å². The maximum Gasteiger partial charge on any atom is 0.258 e. The third-order valence-electron chi connectivity index (χ3n) is 5.10. The summed E-state index contributed by atoms with van der Waals surface area (Å²) in [5, 5.41) is 3.59. The van der Waals surface area contributed by atoms with Crippen LogP contribution in [0.25, 0.3) is 0 Å². The highest BCUT2D eigenvalue weighted by Crippen LogP contribution is 2.30. The standard InChI is InChI=1S/C24H20Cl2N2O2/c1-15-10-17-4-2-3-5-22(17)28(14-15)24(30)16-6-8-21(9-7-16)27-23(29)18-11-19(25)13-20(26)12-18/h2-9,11-13,15H,10,14H2,1H3,(H,27,29). The summed E-state index contributed by atoms with van der Waals surface area (Å²) < 4.78 is 0. The first-order chi connectivity index (χ1) is 14.4. The van der Waals surface area contributed by atoms with E-state index in [1.165, 1.54) is 5.56 Å². The summed E-state index contributed by atoms with van der Waals surface area (Å²) in [6.45, 7) is 2.83. The van der Waals surface area contributed by atoms with Crippen molar-refractivity contribution in [1.82, 2.24) is 0 Å². The van der Waals surface area contributed by atoms with Crippen molar-refractivity contribution in [2.24, 2.45) is 5.92 Å². The first-order valence-corrected chi connectivity index (χ1v) is 10.4. The Morgan fingerprint density at radius 1 is 0.933 bits per heavy atom. The summed E-state index contributed by atoms with van der Waals surface area (Å²) in [6, 6.07) is 19.6. The van der Waals surface area contributed by atoms with Crippen molar-refractivity contribution in [3.8, 4) is 0 Å². The number of carbonyl (C=O) groups excluding carboxylic acids is 2. The number of amides is 2. The van der Waals surface area contributed by atoms with Gasteiger partial charge in [0.1, 0.15) is 0 Å². The summed E-state index contributed by atoms with van der Waals surface area (Å²) in [6.07, 6.45) is 0.971. The molecule has 0 aliphatic carbocycles. The zero-order chi connectivity index (χ0) is 21.3. The van der Waals surface area contributed by atoms with Crippen molar-refractivity contribution in [3.05, 3.63) is 93.5 Å². The van der Waals surface area contributed by atoms with Crippen LogP contribution in [0.15, 0.2) is 66.7 Å². The largest absolute Gasteiger partial charge is 0.322 e. The zero-order valence-corrected chi connectivity index (χ0v) is 17.9. The SMILES string of the molecule is CC1Cc2ccccc2N(C(=O)c2ccc(NC(=O)c3cc(Cl)cc(Cl)c3)cc2)C1. The van der Waals surface area contributed by atoms with E-state index in [1.807, 2.05) is 23.1 Å². The number of nitrogens with zero attached hydrogens (tertiary/aromatic N) is 1. The molecular weight excluding hydrogens is 419 g/mol. The highest BCUT2D eigenvalue weighted by atomic mass is 35.5. The maximum atomic E-state index is 13.1. The number of para-hydroxylation sites is 1. The molecule has 0 radical (unpaired) electrons. The fourth-order valence-corrected chi connectivity index (χ4v) is 4.26. The third kappa shape index (κ3) is 4.35. The molecule has 1 aliphatic heterocycles. The van der Waals surface area contributed by atoms with Gasteiger partial charge in [0.15, 0.2) is 0 Å². The van der Waals surface area contributed by atoms with E-state index in [-0.39, 0.29) is 11.8 Å². The first kappa shape index (κ1) is 20.5. The van der Waals surface area contributed by atoms with Gasteiger partial charge in [0.05, 0.1) is 0 Å². The van der Waals surface area contributed by atoms with E-state index in [1.54, 1.807) is 42.5 Å². The van der Waals surface area contributed by atoms with Gasteiger partial charge in [-0.3, -0.25) is 9.59 Å². The van der Waals surface area contributed by atoms with Crippen molar-refractivity contribution in [1.29, 1.82) is 0 Å². The lowest BCUT2D eigenvalue weighted by atomic mass is 9.93. The number of fused-ring (bicyclic) bond motifs is 1. The first-order valence-electron chi connectivity index (χ1n) is 9.68. The molecule has 0 bridgehead atoms. The second-order valence-electron chi connectivity index (χ2n) is 7.54. The lowest BCUT2D eigenvalue weighted by Gasteiger charge is -2.33. The zero-order valence-electron chi connectivity index (χ0n) is 16.4. The Morgan fingerprint density at radius 3 is 2.30 bits per heavy atom. The molecule has 0 saturated carbocycles. The molecule has 1 heterocycles. The number of hydrogen-bond acceptors (Lipinski definition) is 2. The van der Waals surface area contributed by atoms with Crippen LogP contribution in [0.1, 0.15) is 33.2 Å². The molecule has 152 valence electrons. The van der Waals surface area contributed by atoms with E-state index < -0.39 is 0 Å². The Kier molecular flexibility index (Phi) is 5.80. The average molecular weight is 439 g/mol. The van der Waals surface area contributed by atoms with E-state index in [0.717, 1.165) is 12.1 Å². The van der Waals surface area contributed by atoms with Crippen molar-refractivity contribution in [3.63, 3.8) is 0 Å². The molecule has 30 heavy (non-hydrogen) atoms. The number of halogens is 2. The van der Waals surface area contributed by atoms with Crippen molar-refractivity contribution < 1.29 is 9.59 Å². The van der Waals surface area contributed by atoms with Crippen LogP contribution in [-0.4, -0.2) is 18.4 Å². The molecule has 4 nitrogen and oxygen atoms in total. The maximum absolute atomic E-state index is 13.1. The van der Waals surface area contributed by atoms with E-state index in [4.69, 9.17) is 23.2 Å². The lowest BCUT2D eigenvalue weighted by molar-refractivity contribution is 0.0980. The van der Waals surface area contributed by atoms with Gasteiger partial charge in [-0.2, -0.15) is 0 Å². The molecule has 0 saturated heterocycles. The molecule has 1 unspecified atom stereocenters. The Morgan fingerprint density at radius 2 is 1.60 bits per heavy atom. The van der Waals surface area contributed by atoms with Crippen molar-refractivity contribution in [2.45, 2.75) is 13.3 Å². The van der Waals surface area contributed by atoms with Gasteiger partial charge >= 0.3 is 0 Å². The van der Waals surface area contributed by atoms with Crippen molar-refractivity contribution >= 4 is 46.4 Å². The number of rotatable bonds is 3. The van der Waals surface area contributed by atoms with E-state index in [2.05, 4.69) is 18.3 Å². The van der Waals surface area contributed by atoms with Crippen LogP contribution >= 0.6 is 23.2 Å². The van der Waals surface area contributed by atoms with Crippen LogP contribution < -0.4 is 10.2 Å². The van der Waals surface area contributed by atoms with Crippen LogP contribution in [-0.2, 0) is 6.42 Å². The minimum absolute atomic E-state index is 0.0477. The molecule has 1 N–H and O–H groups in total. The second-order valence-corrected chi connectivity index (χ2v) is 8.42. The molecule has 2 amide bonds. The highest BCUT2D eigenvalue weighted by Gasteiger charge is 2.26. The topological polar surface area (TPSA) is 49.4 Å². The quantitative estimate of drug-likeness (QED) is 0.537. The minimum Gasteiger partial charge on any atom is -0.322 e. The van der Waals surface area contributed by atoms with Gasteiger partial charge in [0, 0.05) is 39.1 Å². The molecule has 3 aromatic carbocycles. The van der Waals surface area contributed by atoms with Gasteiger partial charge in [-0.05, 0) is 66.4 Å². The fourth-order valence-electron chi connectivity index (χ4n) is 3.73. The summed E-state index contributed by atoms with van der Waals surface area (Å²) in [7, 11) is 0. The summed E-state index contributed by atoms with van der Waals surface area (Å²) in [5.74, 6) is 0.0256. The lowest BCUT2D eigenvalue weighted by Crippen LogP contribution is -2.39. The number of hydrogen-bond donors (Lipinski definition) is 1. The number of benzene rings is 3. The monoisotopic (exact) mass is 438 g/mol. The molecule has 0 spiro atoms. The van der Waals surface area contributed by atoms with Crippen molar-refractivity contribution in [2.75, 3.05) is 16.8 Å². The van der Waals surface area contributed by atoms with Crippen LogP contribution in [0.4, 0.5) is 11.4 Å². The van der Waals surface area contributed by atoms with E-state index in [0.29, 0.717) is 39.3 Å². The van der Waals surface area contributed by atoms with E-state index in [9.17, 15) is 9.59 Å². The Bertz CT molecular complexity index is 1090. The number of nitrogens with one attached hydrogen (secondary N) is 1. The second kappa shape index (κ2) is 8.50. The Labute approximate surface area is 185 Å². The summed E-state index contributed by atoms with van der Waals surface area (Å²) in [5.41, 5.74) is 3.68. The smallest absolute Gasteiger partial charge is 0.258 e. The number of carbonyl (C=O) groups is 2. The van der Waals surface area contributed by atoms with Gasteiger partial charge < -0.3 is 10.2 Å². The molecule has 6 heteroatoms. The van der Waals surface area contributed by atoms with Crippen LogP contribution in [0, 0.1) is 5.92 Å². The molecule has 4 rings (SSSR count). The van der Waals surface area contributed by atoms with Gasteiger partial charge in [-0.15, -0.1) is 0 Å². The molecule has 1 aliphatic rings. The molecular formula is C24H20Cl2N2O2. The summed E-state index contributed by atoms with van der Waals surface area (Å²) >= 11 is 11.9. The predicted molar refractivity (Wildman–Crippen MR) is 122 cm³/mol. The molecule has 0 fully saturated rings. The normalized spacial score (nSPS) is 15.4.